The minimum Gasteiger partial charge on any atom is -0.330 e. The van der Waals surface area contributed by atoms with E-state index in [0.717, 1.165) is 30.6 Å². The molecule has 0 heterocycles. The number of hydrogen-bond acceptors (Lipinski definition) is 2. The summed E-state index contributed by atoms with van der Waals surface area (Å²) in [5.41, 5.74) is 5.85. The third-order valence-corrected chi connectivity index (χ3v) is 4.49. The lowest BCUT2D eigenvalue weighted by Crippen LogP contribution is -2.49. The maximum Gasteiger partial charge on any atom is 0.406 e. The van der Waals surface area contributed by atoms with Gasteiger partial charge in [-0.2, -0.15) is 13.2 Å². The maximum absolute atomic E-state index is 12.7. The molecule has 0 spiro atoms. The zero-order valence-electron chi connectivity index (χ0n) is 11.8. The van der Waals surface area contributed by atoms with Crippen molar-refractivity contribution in [1.82, 2.24) is 4.90 Å². The van der Waals surface area contributed by atoms with Crippen molar-refractivity contribution in [1.29, 1.82) is 0 Å². The monoisotopic (exact) mass is 292 g/mol. The highest BCUT2D eigenvalue weighted by Crippen LogP contribution is 2.37. The summed E-state index contributed by atoms with van der Waals surface area (Å²) in [6, 6.07) is -0.371. The molecule has 20 heavy (non-hydrogen) atoms. The number of nitrogens with two attached hydrogens (primary N) is 1. The second kappa shape index (κ2) is 5.92. The van der Waals surface area contributed by atoms with E-state index in [1.165, 1.54) is 0 Å². The highest BCUT2D eigenvalue weighted by atomic mass is 19.4. The maximum atomic E-state index is 12.7. The van der Waals surface area contributed by atoms with Crippen LogP contribution < -0.4 is 5.73 Å². The Bertz CT molecular complexity index is 355. The van der Waals surface area contributed by atoms with Gasteiger partial charge in [-0.15, -0.1) is 0 Å². The lowest BCUT2D eigenvalue weighted by Gasteiger charge is -2.35. The third-order valence-electron chi connectivity index (χ3n) is 4.49. The van der Waals surface area contributed by atoms with Gasteiger partial charge in [0.25, 0.3) is 0 Å². The van der Waals surface area contributed by atoms with Gasteiger partial charge in [0.05, 0.1) is 0 Å². The minimum absolute atomic E-state index is 0.0540. The van der Waals surface area contributed by atoms with Crippen molar-refractivity contribution in [3.63, 3.8) is 0 Å². The molecule has 0 radical (unpaired) electrons. The standard InChI is InChI=1S/C14H23F3N2O/c1-9(10-5-6-10)19(8-14(15,16)17)13(20)11-3-2-4-12(18)7-11/h9-12H,2-8,18H2,1H3. The second-order valence-electron chi connectivity index (χ2n) is 6.28. The Labute approximate surface area is 117 Å². The normalized spacial score (nSPS) is 29.1. The van der Waals surface area contributed by atoms with Crippen molar-refractivity contribution in [3.8, 4) is 0 Å². The quantitative estimate of drug-likeness (QED) is 0.866. The molecule has 3 unspecified atom stereocenters. The van der Waals surface area contributed by atoms with E-state index < -0.39 is 12.7 Å². The van der Waals surface area contributed by atoms with Crippen LogP contribution in [0.4, 0.5) is 13.2 Å². The van der Waals surface area contributed by atoms with Gasteiger partial charge in [0.1, 0.15) is 6.54 Å². The first-order chi connectivity index (χ1) is 9.28. The molecule has 116 valence electrons. The van der Waals surface area contributed by atoms with E-state index in [2.05, 4.69) is 0 Å². The van der Waals surface area contributed by atoms with Gasteiger partial charge in [-0.05, 0) is 44.9 Å². The van der Waals surface area contributed by atoms with Crippen molar-refractivity contribution >= 4 is 5.91 Å². The molecule has 0 aromatic rings. The number of amides is 1. The molecule has 2 rings (SSSR count). The molecule has 0 aromatic heterocycles. The van der Waals surface area contributed by atoms with Crippen LogP contribution in [0, 0.1) is 11.8 Å². The highest BCUT2D eigenvalue weighted by Gasteiger charge is 2.42. The van der Waals surface area contributed by atoms with Gasteiger partial charge >= 0.3 is 6.18 Å². The number of rotatable bonds is 4. The number of carbonyl (C=O) groups excluding carboxylic acids is 1. The zero-order valence-corrected chi connectivity index (χ0v) is 11.8. The molecular formula is C14H23F3N2O. The van der Waals surface area contributed by atoms with Crippen LogP contribution in [0.3, 0.4) is 0 Å². The van der Waals surface area contributed by atoms with Gasteiger partial charge in [0, 0.05) is 18.0 Å². The van der Waals surface area contributed by atoms with Gasteiger partial charge in [0.2, 0.25) is 5.91 Å². The number of hydrogen-bond donors (Lipinski definition) is 1. The summed E-state index contributed by atoms with van der Waals surface area (Å²) >= 11 is 0. The number of carbonyl (C=O) groups is 1. The van der Waals surface area contributed by atoms with E-state index in [1.807, 2.05) is 0 Å². The van der Waals surface area contributed by atoms with Crippen LogP contribution in [0.25, 0.3) is 0 Å². The molecule has 2 aliphatic rings. The first-order valence-corrected chi connectivity index (χ1v) is 7.40. The lowest BCUT2D eigenvalue weighted by molar-refractivity contribution is -0.169. The summed E-state index contributed by atoms with van der Waals surface area (Å²) in [4.78, 5) is 13.5. The largest absolute Gasteiger partial charge is 0.406 e. The van der Waals surface area contributed by atoms with E-state index >= 15 is 0 Å². The SMILES string of the molecule is CC(C1CC1)N(CC(F)(F)F)C(=O)C1CCCC(N)C1. The Kier molecular flexibility index (Phi) is 4.62. The molecule has 2 fully saturated rings. The van der Waals surface area contributed by atoms with Crippen molar-refractivity contribution < 1.29 is 18.0 Å². The first-order valence-electron chi connectivity index (χ1n) is 7.40. The second-order valence-corrected chi connectivity index (χ2v) is 6.28. The molecule has 0 saturated heterocycles. The Morgan fingerprint density at radius 2 is 1.95 bits per heavy atom. The average molecular weight is 292 g/mol. The van der Waals surface area contributed by atoms with E-state index in [4.69, 9.17) is 5.73 Å². The minimum atomic E-state index is -4.34. The van der Waals surface area contributed by atoms with Crippen molar-refractivity contribution in [2.75, 3.05) is 6.54 Å². The molecule has 0 aliphatic heterocycles. The molecule has 2 aliphatic carbocycles. The average Bonchev–Trinajstić information content (AvgIpc) is 3.17. The van der Waals surface area contributed by atoms with Gasteiger partial charge in [-0.1, -0.05) is 6.42 Å². The Morgan fingerprint density at radius 3 is 2.45 bits per heavy atom. The Balaban J connectivity index is 2.06. The smallest absolute Gasteiger partial charge is 0.330 e. The third kappa shape index (κ3) is 4.11. The Hall–Kier alpha value is -0.780. The van der Waals surface area contributed by atoms with Crippen LogP contribution >= 0.6 is 0 Å². The molecule has 6 heteroatoms. The van der Waals surface area contributed by atoms with Crippen LogP contribution in [0.1, 0.15) is 45.4 Å². The molecule has 3 atom stereocenters. The van der Waals surface area contributed by atoms with Crippen LogP contribution in [-0.4, -0.2) is 35.6 Å². The van der Waals surface area contributed by atoms with Crippen LogP contribution in [-0.2, 0) is 4.79 Å². The predicted molar refractivity (Wildman–Crippen MR) is 69.9 cm³/mol. The Morgan fingerprint density at radius 1 is 1.30 bits per heavy atom. The van der Waals surface area contributed by atoms with Crippen molar-refractivity contribution in [2.24, 2.45) is 17.6 Å². The van der Waals surface area contributed by atoms with Crippen LogP contribution in [0.15, 0.2) is 0 Å². The summed E-state index contributed by atoms with van der Waals surface area (Å²) in [7, 11) is 0. The zero-order chi connectivity index (χ0) is 14.9. The predicted octanol–water partition coefficient (Wildman–Crippen LogP) is 2.69. The molecule has 0 bridgehead atoms. The number of nitrogens with zero attached hydrogens (tertiary/aromatic N) is 1. The summed E-state index contributed by atoms with van der Waals surface area (Å²) < 4.78 is 38.2. The molecule has 2 saturated carbocycles. The fourth-order valence-electron chi connectivity index (χ4n) is 3.14. The lowest BCUT2D eigenvalue weighted by atomic mass is 9.85. The van der Waals surface area contributed by atoms with Crippen molar-refractivity contribution in [3.05, 3.63) is 0 Å². The van der Waals surface area contributed by atoms with Gasteiger partial charge < -0.3 is 10.6 Å². The fourth-order valence-corrected chi connectivity index (χ4v) is 3.14. The highest BCUT2D eigenvalue weighted by molar-refractivity contribution is 5.79. The fraction of sp³-hybridized carbons (Fsp3) is 0.929. The van der Waals surface area contributed by atoms with Crippen molar-refractivity contribution in [2.45, 2.75) is 63.7 Å². The molecule has 2 N–H and O–H groups in total. The summed E-state index contributed by atoms with van der Waals surface area (Å²) in [5.74, 6) is -0.447. The van der Waals surface area contributed by atoms with E-state index in [-0.39, 0.29) is 29.8 Å². The van der Waals surface area contributed by atoms with E-state index in [1.54, 1.807) is 6.92 Å². The molecule has 3 nitrogen and oxygen atoms in total. The van der Waals surface area contributed by atoms with E-state index in [0.29, 0.717) is 12.8 Å². The number of alkyl halides is 3. The van der Waals surface area contributed by atoms with Gasteiger partial charge in [0.15, 0.2) is 0 Å². The summed E-state index contributed by atoms with van der Waals surface area (Å²) in [5, 5.41) is 0. The molecule has 0 aromatic carbocycles. The summed E-state index contributed by atoms with van der Waals surface area (Å²) in [6.45, 7) is 0.610. The van der Waals surface area contributed by atoms with Gasteiger partial charge in [-0.3, -0.25) is 4.79 Å². The summed E-state index contributed by atoms with van der Waals surface area (Å²) in [6.07, 6.45) is 0.384. The van der Waals surface area contributed by atoms with Crippen LogP contribution in [0.2, 0.25) is 0 Å². The van der Waals surface area contributed by atoms with E-state index in [9.17, 15) is 18.0 Å². The van der Waals surface area contributed by atoms with Crippen LogP contribution in [0.5, 0.6) is 0 Å². The first kappa shape index (κ1) is 15.6. The topological polar surface area (TPSA) is 46.3 Å². The number of halogens is 3. The molecular weight excluding hydrogens is 269 g/mol. The molecule has 1 amide bonds. The van der Waals surface area contributed by atoms with Gasteiger partial charge in [-0.25, -0.2) is 0 Å².